The molecule has 28 heavy (non-hydrogen) atoms. The van der Waals surface area contributed by atoms with Crippen LogP contribution in [0.2, 0.25) is 5.02 Å². The zero-order valence-corrected chi connectivity index (χ0v) is 16.7. The van der Waals surface area contributed by atoms with E-state index in [1.54, 1.807) is 10.8 Å². The minimum absolute atomic E-state index is 0.0957. The maximum atomic E-state index is 12.3. The van der Waals surface area contributed by atoms with E-state index < -0.39 is 0 Å². The molecular weight excluding hydrogens is 398 g/mol. The minimum atomic E-state index is -0.249. The van der Waals surface area contributed by atoms with E-state index in [0.29, 0.717) is 21.4 Å². The maximum Gasteiger partial charge on any atom is 0.262 e. The Balaban J connectivity index is 1.42. The van der Waals surface area contributed by atoms with Crippen LogP contribution in [0.3, 0.4) is 0 Å². The highest BCUT2D eigenvalue weighted by atomic mass is 35.5. The second kappa shape index (κ2) is 7.57. The molecule has 142 valence electrons. The van der Waals surface area contributed by atoms with Crippen LogP contribution in [0.1, 0.15) is 11.1 Å². The molecule has 0 atom stereocenters. The monoisotopic (exact) mass is 413 g/mol. The summed E-state index contributed by atoms with van der Waals surface area (Å²) in [6.45, 7) is 3.71. The van der Waals surface area contributed by atoms with Crippen molar-refractivity contribution >= 4 is 39.5 Å². The van der Waals surface area contributed by atoms with Crippen molar-refractivity contribution in [3.63, 3.8) is 0 Å². The largest absolute Gasteiger partial charge is 0.484 e. The lowest BCUT2D eigenvalue weighted by atomic mass is 10.1. The number of nitrogens with zero attached hydrogens (tertiary/aromatic N) is 4. The van der Waals surface area contributed by atoms with Gasteiger partial charge in [-0.15, -0.1) is 10.2 Å². The molecule has 0 aliphatic carbocycles. The number of carbonyl (C=O) groups is 1. The van der Waals surface area contributed by atoms with E-state index in [9.17, 15) is 4.79 Å². The van der Waals surface area contributed by atoms with Crippen LogP contribution in [0.4, 0.5) is 5.69 Å². The molecule has 1 N–H and O–H groups in total. The number of benzene rings is 2. The normalized spacial score (nSPS) is 11.0. The third-order valence-electron chi connectivity index (χ3n) is 4.06. The average molecular weight is 414 g/mol. The van der Waals surface area contributed by atoms with Crippen molar-refractivity contribution < 1.29 is 9.53 Å². The van der Waals surface area contributed by atoms with Gasteiger partial charge < -0.3 is 10.1 Å². The lowest BCUT2D eigenvalue weighted by Crippen LogP contribution is -2.20. The number of aromatic nitrogens is 4. The summed E-state index contributed by atoms with van der Waals surface area (Å²) in [7, 11) is 0. The summed E-state index contributed by atoms with van der Waals surface area (Å²) in [6.07, 6.45) is 1.55. The van der Waals surface area contributed by atoms with Gasteiger partial charge in [0.1, 0.15) is 17.1 Å². The second-order valence-electron chi connectivity index (χ2n) is 6.25. The molecule has 2 aromatic carbocycles. The lowest BCUT2D eigenvalue weighted by Gasteiger charge is -2.10. The van der Waals surface area contributed by atoms with E-state index in [2.05, 4.69) is 20.6 Å². The number of carbonyl (C=O) groups excluding carboxylic acids is 1. The first-order valence-corrected chi connectivity index (χ1v) is 9.66. The fourth-order valence-corrected chi connectivity index (χ4v) is 3.67. The zero-order valence-electron chi connectivity index (χ0n) is 15.1. The van der Waals surface area contributed by atoms with Gasteiger partial charge >= 0.3 is 0 Å². The fraction of sp³-hybridized carbons (Fsp3) is 0.158. The number of nitrogens with one attached hydrogen (secondary N) is 1. The number of hydrogen-bond acceptors (Lipinski definition) is 6. The van der Waals surface area contributed by atoms with E-state index >= 15 is 0 Å². The third-order valence-corrected chi connectivity index (χ3v) is 5.62. The van der Waals surface area contributed by atoms with Gasteiger partial charge in [-0.05, 0) is 49.2 Å². The number of fused-ring (bicyclic) bond motifs is 1. The Kier molecular flexibility index (Phi) is 4.97. The molecule has 2 aromatic heterocycles. The first-order chi connectivity index (χ1) is 13.5. The summed E-state index contributed by atoms with van der Waals surface area (Å²) in [4.78, 5) is 13.0. The number of rotatable bonds is 5. The Morgan fingerprint density at radius 1 is 1.25 bits per heavy atom. The van der Waals surface area contributed by atoms with E-state index in [1.165, 1.54) is 11.3 Å². The molecule has 0 saturated carbocycles. The van der Waals surface area contributed by atoms with Crippen molar-refractivity contribution in [2.45, 2.75) is 13.8 Å². The quantitative estimate of drug-likeness (QED) is 0.531. The van der Waals surface area contributed by atoms with Crippen LogP contribution in [0.5, 0.6) is 5.75 Å². The van der Waals surface area contributed by atoms with E-state index in [-0.39, 0.29) is 12.5 Å². The number of hydrogen-bond donors (Lipinski definition) is 1. The maximum absolute atomic E-state index is 12.3. The van der Waals surface area contributed by atoms with Crippen LogP contribution in [0.25, 0.3) is 15.5 Å². The van der Waals surface area contributed by atoms with Crippen LogP contribution < -0.4 is 10.1 Å². The lowest BCUT2D eigenvalue weighted by molar-refractivity contribution is -0.118. The fourth-order valence-electron chi connectivity index (χ4n) is 2.74. The summed E-state index contributed by atoms with van der Waals surface area (Å²) in [5, 5.41) is 16.5. The van der Waals surface area contributed by atoms with Crippen LogP contribution in [0.15, 0.2) is 42.7 Å². The second-order valence-corrected chi connectivity index (χ2v) is 7.59. The number of anilines is 1. The standard InChI is InChI=1S/C19H16ClN5O2S/c1-11-6-15(7-12(2)17(11)20)27-9-16(26)22-14-5-3-4-13(8-14)18-24-25-10-21-23-19(25)28-18/h3-8,10H,9H2,1-2H3,(H,22,26). The van der Waals surface area contributed by atoms with Gasteiger partial charge in [0.15, 0.2) is 6.61 Å². The molecule has 4 rings (SSSR count). The Hall–Kier alpha value is -2.97. The van der Waals surface area contributed by atoms with Crippen LogP contribution in [-0.4, -0.2) is 32.3 Å². The topological polar surface area (TPSA) is 81.4 Å². The van der Waals surface area contributed by atoms with Crippen LogP contribution in [-0.2, 0) is 4.79 Å². The molecule has 0 unspecified atom stereocenters. The summed E-state index contributed by atoms with van der Waals surface area (Å²) < 4.78 is 7.22. The molecule has 1 amide bonds. The molecule has 7 nitrogen and oxygen atoms in total. The van der Waals surface area contributed by atoms with Gasteiger partial charge in [-0.1, -0.05) is 35.1 Å². The van der Waals surface area contributed by atoms with Crippen molar-refractivity contribution in [1.29, 1.82) is 0 Å². The molecule has 0 aliphatic rings. The molecule has 4 aromatic rings. The molecule has 0 spiro atoms. The molecule has 2 heterocycles. The predicted molar refractivity (Wildman–Crippen MR) is 109 cm³/mol. The van der Waals surface area contributed by atoms with Gasteiger partial charge in [-0.25, -0.2) is 0 Å². The van der Waals surface area contributed by atoms with Crippen LogP contribution in [0, 0.1) is 13.8 Å². The Morgan fingerprint density at radius 3 is 2.79 bits per heavy atom. The Morgan fingerprint density at radius 2 is 2.04 bits per heavy atom. The smallest absolute Gasteiger partial charge is 0.262 e. The Bertz CT molecular complexity index is 1120. The van der Waals surface area contributed by atoms with Crippen LogP contribution >= 0.6 is 22.9 Å². The highest BCUT2D eigenvalue weighted by Gasteiger charge is 2.10. The summed E-state index contributed by atoms with van der Waals surface area (Å²) in [5.41, 5.74) is 3.38. The van der Waals surface area contributed by atoms with E-state index in [4.69, 9.17) is 16.3 Å². The van der Waals surface area contributed by atoms with Crippen molar-refractivity contribution in [1.82, 2.24) is 19.8 Å². The summed E-state index contributed by atoms with van der Waals surface area (Å²) >= 11 is 7.58. The summed E-state index contributed by atoms with van der Waals surface area (Å²) in [6, 6.07) is 11.1. The first kappa shape index (κ1) is 18.4. The summed E-state index contributed by atoms with van der Waals surface area (Å²) in [5.74, 6) is 0.364. The molecule has 0 saturated heterocycles. The molecule has 0 bridgehead atoms. The average Bonchev–Trinajstić information content (AvgIpc) is 3.27. The SMILES string of the molecule is Cc1cc(OCC(=O)Nc2cccc(-c3nn4cnnc4s3)c2)cc(C)c1Cl. The third kappa shape index (κ3) is 3.83. The predicted octanol–water partition coefficient (Wildman–Crippen LogP) is 4.14. The zero-order chi connectivity index (χ0) is 19.7. The Labute approximate surface area is 169 Å². The number of ether oxygens (including phenoxy) is 1. The number of halogens is 1. The van der Waals surface area contributed by atoms with Crippen molar-refractivity contribution in [2.24, 2.45) is 0 Å². The van der Waals surface area contributed by atoms with Gasteiger partial charge in [0, 0.05) is 16.3 Å². The minimum Gasteiger partial charge on any atom is -0.484 e. The number of aryl methyl sites for hydroxylation is 2. The molecule has 9 heteroatoms. The van der Waals surface area contributed by atoms with Crippen molar-refractivity contribution in [3.8, 4) is 16.3 Å². The van der Waals surface area contributed by atoms with E-state index in [0.717, 1.165) is 21.7 Å². The van der Waals surface area contributed by atoms with E-state index in [1.807, 2.05) is 50.2 Å². The highest BCUT2D eigenvalue weighted by molar-refractivity contribution is 7.19. The molecule has 0 radical (unpaired) electrons. The van der Waals surface area contributed by atoms with Gasteiger partial charge in [0.25, 0.3) is 5.91 Å². The van der Waals surface area contributed by atoms with Crippen molar-refractivity contribution in [3.05, 3.63) is 58.9 Å². The van der Waals surface area contributed by atoms with Gasteiger partial charge in [-0.3, -0.25) is 4.79 Å². The van der Waals surface area contributed by atoms with Gasteiger partial charge in [0.05, 0.1) is 0 Å². The van der Waals surface area contributed by atoms with Gasteiger partial charge in [-0.2, -0.15) is 9.61 Å². The number of amides is 1. The van der Waals surface area contributed by atoms with Gasteiger partial charge in [0.2, 0.25) is 4.96 Å². The molecule has 0 aliphatic heterocycles. The molecule has 0 fully saturated rings. The van der Waals surface area contributed by atoms with Crippen molar-refractivity contribution in [2.75, 3.05) is 11.9 Å². The first-order valence-electron chi connectivity index (χ1n) is 8.46. The molecular formula is C19H16ClN5O2S. The highest BCUT2D eigenvalue weighted by Crippen LogP contribution is 2.27.